The van der Waals surface area contributed by atoms with Crippen molar-refractivity contribution in [1.82, 2.24) is 0 Å². The maximum Gasteiger partial charge on any atom is 0.302 e. The Hall–Kier alpha value is -1.11. The number of ether oxygens (including phenoxy) is 2. The molecular weight excluding hydrogens is 268 g/mol. The third-order valence-corrected chi connectivity index (χ3v) is 3.61. The second kappa shape index (κ2) is 6.88. The van der Waals surface area contributed by atoms with E-state index in [1.54, 1.807) is 7.11 Å². The van der Waals surface area contributed by atoms with Crippen LogP contribution in [0.2, 0.25) is 0 Å². The van der Waals surface area contributed by atoms with Crippen LogP contribution in [-0.4, -0.2) is 28.1 Å². The van der Waals surface area contributed by atoms with Gasteiger partial charge in [-0.3, -0.25) is 8.74 Å². The Morgan fingerprint density at radius 1 is 1.11 bits per heavy atom. The predicted octanol–water partition coefficient (Wildman–Crippen LogP) is 2.54. The summed E-state index contributed by atoms with van der Waals surface area (Å²) in [6.45, 7) is 0. The van der Waals surface area contributed by atoms with E-state index in [0.717, 1.165) is 31.4 Å². The van der Waals surface area contributed by atoms with Crippen molar-refractivity contribution in [3.05, 3.63) is 24.3 Å². The van der Waals surface area contributed by atoms with Crippen molar-refractivity contribution in [3.63, 3.8) is 0 Å². The molecule has 1 saturated carbocycles. The minimum Gasteiger partial charge on any atom is -0.497 e. The zero-order valence-corrected chi connectivity index (χ0v) is 11.6. The summed E-state index contributed by atoms with van der Waals surface area (Å²) in [5.41, 5.74) is 0. The molecule has 1 aliphatic rings. The summed E-state index contributed by atoms with van der Waals surface area (Å²) < 4.78 is 35.5. The van der Waals surface area contributed by atoms with Crippen LogP contribution >= 0.6 is 0 Å². The van der Waals surface area contributed by atoms with Crippen molar-refractivity contribution in [2.45, 2.75) is 37.9 Å². The van der Waals surface area contributed by atoms with E-state index >= 15 is 0 Å². The van der Waals surface area contributed by atoms with Crippen LogP contribution in [0.1, 0.15) is 25.7 Å². The fraction of sp³-hybridized carbons (Fsp3) is 0.538. The highest BCUT2D eigenvalue weighted by Crippen LogP contribution is 2.27. The zero-order chi connectivity index (χ0) is 13.7. The molecule has 2 rings (SSSR count). The van der Waals surface area contributed by atoms with Crippen LogP contribution in [0, 0.1) is 0 Å². The molecule has 1 fully saturated rings. The van der Waals surface area contributed by atoms with Crippen LogP contribution in [0.4, 0.5) is 0 Å². The van der Waals surface area contributed by atoms with Crippen LogP contribution in [0.15, 0.2) is 24.3 Å². The van der Waals surface area contributed by atoms with Crippen LogP contribution in [0.5, 0.6) is 11.5 Å². The largest absolute Gasteiger partial charge is 0.497 e. The molecule has 0 radical (unpaired) electrons. The normalized spacial score (nSPS) is 24.7. The third-order valence-electron chi connectivity index (χ3n) is 3.19. The maximum absolute atomic E-state index is 10.8. The summed E-state index contributed by atoms with van der Waals surface area (Å²) in [5, 5.41) is 0. The molecule has 5 nitrogen and oxygen atoms in total. The van der Waals surface area contributed by atoms with E-state index < -0.39 is 11.4 Å². The summed E-state index contributed by atoms with van der Waals surface area (Å²) in [6.07, 6.45) is 3.09. The maximum atomic E-state index is 10.8. The Balaban J connectivity index is 1.99. The number of benzene rings is 1. The van der Waals surface area contributed by atoms with Crippen molar-refractivity contribution >= 4 is 11.4 Å². The molecule has 106 valence electrons. The molecule has 0 aliphatic heterocycles. The van der Waals surface area contributed by atoms with E-state index in [1.807, 2.05) is 24.3 Å². The summed E-state index contributed by atoms with van der Waals surface area (Å²) >= 11 is -2.25. The molecule has 6 heteroatoms. The van der Waals surface area contributed by atoms with Crippen molar-refractivity contribution in [3.8, 4) is 11.5 Å². The molecule has 1 aromatic rings. The first-order valence-electron chi connectivity index (χ1n) is 6.28. The lowest BCUT2D eigenvalue weighted by molar-refractivity contribution is 0.0261. The van der Waals surface area contributed by atoms with Crippen LogP contribution in [0.3, 0.4) is 0 Å². The SMILES string of the molecule is COc1ccc(OC2CCCCC2OS(=O)O)cc1. The monoisotopic (exact) mass is 286 g/mol. The minimum atomic E-state index is -2.25. The first kappa shape index (κ1) is 14.3. The summed E-state index contributed by atoms with van der Waals surface area (Å²) in [7, 11) is 1.61. The fourth-order valence-electron chi connectivity index (χ4n) is 2.24. The summed E-state index contributed by atoms with van der Waals surface area (Å²) in [5.74, 6) is 1.48. The molecule has 0 amide bonds. The quantitative estimate of drug-likeness (QED) is 0.843. The van der Waals surface area contributed by atoms with E-state index in [-0.39, 0.29) is 12.2 Å². The highest BCUT2D eigenvalue weighted by molar-refractivity contribution is 7.74. The first-order valence-corrected chi connectivity index (χ1v) is 7.31. The molecular formula is C13H18O5S. The number of methoxy groups -OCH3 is 1. The first-order chi connectivity index (χ1) is 9.19. The van der Waals surface area contributed by atoms with Crippen molar-refractivity contribution in [1.29, 1.82) is 0 Å². The van der Waals surface area contributed by atoms with Gasteiger partial charge in [0.1, 0.15) is 23.7 Å². The van der Waals surface area contributed by atoms with Crippen LogP contribution in [0.25, 0.3) is 0 Å². The lowest BCUT2D eigenvalue weighted by Gasteiger charge is -2.30. The van der Waals surface area contributed by atoms with E-state index in [9.17, 15) is 4.21 Å². The standard InChI is InChI=1S/C13H18O5S/c1-16-10-6-8-11(9-7-10)17-12-4-2-3-5-13(12)18-19(14)15/h6-9,12-13H,2-5H2,1H3,(H,14,15). The van der Waals surface area contributed by atoms with Gasteiger partial charge in [0.25, 0.3) is 0 Å². The van der Waals surface area contributed by atoms with E-state index in [4.69, 9.17) is 18.2 Å². The molecule has 0 spiro atoms. The van der Waals surface area contributed by atoms with Gasteiger partial charge in [0.05, 0.1) is 7.11 Å². The molecule has 1 aromatic carbocycles. The number of hydrogen-bond acceptors (Lipinski definition) is 4. The Morgan fingerprint density at radius 2 is 1.68 bits per heavy atom. The molecule has 3 unspecified atom stereocenters. The van der Waals surface area contributed by atoms with Gasteiger partial charge in [0.2, 0.25) is 0 Å². The molecule has 0 saturated heterocycles. The third kappa shape index (κ3) is 4.19. The molecule has 3 atom stereocenters. The van der Waals surface area contributed by atoms with Crippen molar-refractivity contribution in [2.24, 2.45) is 0 Å². The van der Waals surface area contributed by atoms with Crippen LogP contribution < -0.4 is 9.47 Å². The average molecular weight is 286 g/mol. The summed E-state index contributed by atoms with van der Waals surface area (Å²) in [6, 6.07) is 7.28. The average Bonchev–Trinajstić information content (AvgIpc) is 2.41. The van der Waals surface area contributed by atoms with Crippen LogP contribution in [-0.2, 0) is 15.5 Å². The molecule has 19 heavy (non-hydrogen) atoms. The predicted molar refractivity (Wildman–Crippen MR) is 71.5 cm³/mol. The highest BCUT2D eigenvalue weighted by Gasteiger charge is 2.29. The Bertz CT molecular complexity index is 420. The highest BCUT2D eigenvalue weighted by atomic mass is 32.2. The molecule has 0 heterocycles. The van der Waals surface area contributed by atoms with Crippen molar-refractivity contribution in [2.75, 3.05) is 7.11 Å². The van der Waals surface area contributed by atoms with E-state index in [0.29, 0.717) is 5.75 Å². The Kier molecular flexibility index (Phi) is 5.18. The Morgan fingerprint density at radius 3 is 2.26 bits per heavy atom. The van der Waals surface area contributed by atoms with Gasteiger partial charge in [-0.15, -0.1) is 0 Å². The van der Waals surface area contributed by atoms with Gasteiger partial charge in [-0.2, -0.15) is 4.21 Å². The Labute approximate surface area is 115 Å². The van der Waals surface area contributed by atoms with Gasteiger partial charge < -0.3 is 9.47 Å². The second-order valence-corrected chi connectivity index (χ2v) is 5.09. The van der Waals surface area contributed by atoms with E-state index in [2.05, 4.69) is 0 Å². The van der Waals surface area contributed by atoms with E-state index in [1.165, 1.54) is 0 Å². The lowest BCUT2D eigenvalue weighted by atomic mass is 9.95. The fourth-order valence-corrected chi connectivity index (χ4v) is 2.67. The molecule has 1 N–H and O–H groups in total. The summed E-state index contributed by atoms with van der Waals surface area (Å²) in [4.78, 5) is 0. The van der Waals surface area contributed by atoms with Gasteiger partial charge in [0, 0.05) is 0 Å². The van der Waals surface area contributed by atoms with Crippen molar-refractivity contribution < 1.29 is 22.4 Å². The van der Waals surface area contributed by atoms with Gasteiger partial charge in [-0.1, -0.05) is 6.42 Å². The van der Waals surface area contributed by atoms with Gasteiger partial charge in [-0.25, -0.2) is 0 Å². The number of hydrogen-bond donors (Lipinski definition) is 1. The van der Waals surface area contributed by atoms with Gasteiger partial charge in [-0.05, 0) is 43.5 Å². The van der Waals surface area contributed by atoms with Gasteiger partial charge >= 0.3 is 11.4 Å². The smallest absolute Gasteiger partial charge is 0.302 e. The topological polar surface area (TPSA) is 65.0 Å². The molecule has 0 aromatic heterocycles. The molecule has 0 bridgehead atoms. The second-order valence-electron chi connectivity index (χ2n) is 4.47. The molecule has 1 aliphatic carbocycles. The zero-order valence-electron chi connectivity index (χ0n) is 10.8. The number of rotatable bonds is 5. The minimum absolute atomic E-state index is 0.182. The lowest BCUT2D eigenvalue weighted by Crippen LogP contribution is -2.37. The van der Waals surface area contributed by atoms with Gasteiger partial charge in [0.15, 0.2) is 0 Å².